The third kappa shape index (κ3) is 3.98. The van der Waals surface area contributed by atoms with Crippen LogP contribution in [-0.4, -0.2) is 36.4 Å². The number of carboxylic acid groups (broad SMARTS) is 1. The number of halogens is 1. The van der Waals surface area contributed by atoms with Gasteiger partial charge in [0.2, 0.25) is 0 Å². The standard InChI is InChI=1S/C19H20N2O4.ClH/c20-10-9-17(18(22)23)21-19(24)25-11-16-14-7-3-1-5-12(14)13-6-2-4-8-15(13)16;/h1-8,16-17H,9-11,20H2,(H,21,24)(H,22,23);1H/t17-;/m0./s1. The normalized spacial score (nSPS) is 13.1. The van der Waals surface area contributed by atoms with Crippen molar-refractivity contribution >= 4 is 24.5 Å². The summed E-state index contributed by atoms with van der Waals surface area (Å²) in [6.45, 7) is 0.315. The zero-order valence-electron chi connectivity index (χ0n) is 14.1. The van der Waals surface area contributed by atoms with Crippen LogP contribution in [0.1, 0.15) is 23.5 Å². The Labute approximate surface area is 157 Å². The number of alkyl carbamates (subject to hydrolysis) is 1. The first-order valence-corrected chi connectivity index (χ1v) is 8.16. The number of aliphatic carboxylic acids is 1. The first-order chi connectivity index (χ1) is 12.1. The summed E-state index contributed by atoms with van der Waals surface area (Å²) in [5.74, 6) is -1.19. The van der Waals surface area contributed by atoms with Crippen molar-refractivity contribution in [2.45, 2.75) is 18.4 Å². The molecule has 1 atom stereocenters. The van der Waals surface area contributed by atoms with E-state index in [-0.39, 0.29) is 37.9 Å². The Balaban J connectivity index is 0.00000243. The molecular formula is C19H21ClN2O4. The number of benzene rings is 2. The van der Waals surface area contributed by atoms with E-state index >= 15 is 0 Å². The highest BCUT2D eigenvalue weighted by Crippen LogP contribution is 2.44. The minimum absolute atomic E-state index is 0. The van der Waals surface area contributed by atoms with Gasteiger partial charge >= 0.3 is 12.1 Å². The number of hydrogen-bond donors (Lipinski definition) is 3. The molecule has 0 aromatic heterocycles. The van der Waals surface area contributed by atoms with E-state index in [4.69, 9.17) is 15.6 Å². The average molecular weight is 377 g/mol. The molecule has 2 aromatic rings. The van der Waals surface area contributed by atoms with Crippen molar-refractivity contribution in [1.82, 2.24) is 5.32 Å². The highest BCUT2D eigenvalue weighted by atomic mass is 35.5. The molecule has 0 spiro atoms. The lowest BCUT2D eigenvalue weighted by Crippen LogP contribution is -2.42. The number of carboxylic acids is 1. The molecule has 3 rings (SSSR count). The van der Waals surface area contributed by atoms with Gasteiger partial charge in [-0.1, -0.05) is 48.5 Å². The first-order valence-electron chi connectivity index (χ1n) is 8.16. The third-order valence-corrected chi connectivity index (χ3v) is 4.39. The molecule has 7 heteroatoms. The molecule has 0 radical (unpaired) electrons. The van der Waals surface area contributed by atoms with E-state index < -0.39 is 18.1 Å². The lowest BCUT2D eigenvalue weighted by Gasteiger charge is -2.17. The van der Waals surface area contributed by atoms with Gasteiger partial charge in [0.15, 0.2) is 0 Å². The van der Waals surface area contributed by atoms with Crippen LogP contribution >= 0.6 is 12.4 Å². The number of nitrogens with one attached hydrogen (secondary N) is 1. The number of rotatable bonds is 6. The van der Waals surface area contributed by atoms with Crippen LogP contribution in [0.4, 0.5) is 4.79 Å². The molecule has 0 aliphatic heterocycles. The Kier molecular flexibility index (Phi) is 6.60. The second kappa shape index (κ2) is 8.69. The van der Waals surface area contributed by atoms with E-state index in [1.165, 1.54) is 0 Å². The molecule has 0 saturated heterocycles. The van der Waals surface area contributed by atoms with E-state index in [1.807, 2.05) is 36.4 Å². The van der Waals surface area contributed by atoms with Crippen molar-refractivity contribution in [3.63, 3.8) is 0 Å². The Morgan fingerprint density at radius 2 is 1.62 bits per heavy atom. The molecule has 4 N–H and O–H groups in total. The van der Waals surface area contributed by atoms with E-state index in [9.17, 15) is 9.59 Å². The van der Waals surface area contributed by atoms with Gasteiger partial charge in [0.1, 0.15) is 12.6 Å². The zero-order valence-corrected chi connectivity index (χ0v) is 14.9. The summed E-state index contributed by atoms with van der Waals surface area (Å²) in [6.07, 6.45) is -0.595. The van der Waals surface area contributed by atoms with Crippen LogP contribution in [-0.2, 0) is 9.53 Å². The van der Waals surface area contributed by atoms with Crippen molar-refractivity contribution in [3.8, 4) is 11.1 Å². The molecule has 6 nitrogen and oxygen atoms in total. The number of carbonyl (C=O) groups excluding carboxylic acids is 1. The molecule has 0 bridgehead atoms. The largest absolute Gasteiger partial charge is 0.480 e. The van der Waals surface area contributed by atoms with Crippen LogP contribution in [0.25, 0.3) is 11.1 Å². The molecule has 2 aromatic carbocycles. The fourth-order valence-corrected chi connectivity index (χ4v) is 3.21. The van der Waals surface area contributed by atoms with Gasteiger partial charge in [-0.05, 0) is 35.2 Å². The van der Waals surface area contributed by atoms with Gasteiger partial charge in [-0.15, -0.1) is 12.4 Å². The first kappa shape index (κ1) is 19.8. The Morgan fingerprint density at radius 1 is 1.08 bits per heavy atom. The minimum atomic E-state index is -1.13. The number of fused-ring (bicyclic) bond motifs is 3. The summed E-state index contributed by atoms with van der Waals surface area (Å²) in [5.41, 5.74) is 9.85. The lowest BCUT2D eigenvalue weighted by molar-refractivity contribution is -0.139. The van der Waals surface area contributed by atoms with Crippen LogP contribution in [0.2, 0.25) is 0 Å². The SMILES string of the molecule is Cl.NCC[C@H](NC(=O)OCC1c2ccccc2-c2ccccc21)C(=O)O. The maximum Gasteiger partial charge on any atom is 0.407 e. The van der Waals surface area contributed by atoms with Gasteiger partial charge in [-0.3, -0.25) is 0 Å². The Morgan fingerprint density at radius 3 is 2.12 bits per heavy atom. The molecule has 1 aliphatic carbocycles. The zero-order chi connectivity index (χ0) is 17.8. The molecule has 1 aliphatic rings. The van der Waals surface area contributed by atoms with E-state index in [0.717, 1.165) is 22.3 Å². The molecule has 0 saturated carbocycles. The van der Waals surface area contributed by atoms with Crippen LogP contribution in [0.5, 0.6) is 0 Å². The van der Waals surface area contributed by atoms with Gasteiger partial charge in [0.05, 0.1) is 0 Å². The molecule has 0 fully saturated rings. The van der Waals surface area contributed by atoms with Crippen LogP contribution < -0.4 is 11.1 Å². The molecule has 0 heterocycles. The van der Waals surface area contributed by atoms with Crippen molar-refractivity contribution in [2.24, 2.45) is 5.73 Å². The minimum Gasteiger partial charge on any atom is -0.480 e. The third-order valence-electron chi connectivity index (χ3n) is 4.39. The summed E-state index contributed by atoms with van der Waals surface area (Å²) < 4.78 is 5.31. The van der Waals surface area contributed by atoms with E-state index in [0.29, 0.717) is 0 Å². The highest BCUT2D eigenvalue weighted by molar-refractivity contribution is 5.85. The second-order valence-corrected chi connectivity index (χ2v) is 5.94. The molecule has 138 valence electrons. The number of hydrogen-bond acceptors (Lipinski definition) is 4. The summed E-state index contributed by atoms with van der Waals surface area (Å²) in [4.78, 5) is 23.1. The fraction of sp³-hybridized carbons (Fsp3) is 0.263. The fourth-order valence-electron chi connectivity index (χ4n) is 3.21. The average Bonchev–Trinajstić information content (AvgIpc) is 2.93. The predicted octanol–water partition coefficient (Wildman–Crippen LogP) is 2.75. The smallest absolute Gasteiger partial charge is 0.407 e. The summed E-state index contributed by atoms with van der Waals surface area (Å²) in [7, 11) is 0. The molecule has 26 heavy (non-hydrogen) atoms. The van der Waals surface area contributed by atoms with Gasteiger partial charge in [0.25, 0.3) is 0 Å². The maximum absolute atomic E-state index is 12.0. The molecule has 1 amide bonds. The summed E-state index contributed by atoms with van der Waals surface area (Å²) >= 11 is 0. The second-order valence-electron chi connectivity index (χ2n) is 5.94. The molecule has 0 unspecified atom stereocenters. The van der Waals surface area contributed by atoms with Gasteiger partial charge < -0.3 is 20.9 Å². The summed E-state index contributed by atoms with van der Waals surface area (Å²) in [6, 6.07) is 15.0. The highest BCUT2D eigenvalue weighted by Gasteiger charge is 2.29. The lowest BCUT2D eigenvalue weighted by atomic mass is 9.98. The Hall–Kier alpha value is -2.57. The van der Waals surface area contributed by atoms with Crippen molar-refractivity contribution in [2.75, 3.05) is 13.2 Å². The van der Waals surface area contributed by atoms with Gasteiger partial charge in [-0.25, -0.2) is 9.59 Å². The van der Waals surface area contributed by atoms with Crippen molar-refractivity contribution in [1.29, 1.82) is 0 Å². The quantitative estimate of drug-likeness (QED) is 0.719. The maximum atomic E-state index is 12.0. The topological polar surface area (TPSA) is 102 Å². The van der Waals surface area contributed by atoms with Gasteiger partial charge in [0, 0.05) is 5.92 Å². The van der Waals surface area contributed by atoms with Crippen molar-refractivity contribution < 1.29 is 19.4 Å². The number of nitrogens with two attached hydrogens (primary N) is 1. The number of ether oxygens (including phenoxy) is 1. The van der Waals surface area contributed by atoms with Crippen molar-refractivity contribution in [3.05, 3.63) is 59.7 Å². The van der Waals surface area contributed by atoms with Crippen LogP contribution in [0, 0.1) is 0 Å². The van der Waals surface area contributed by atoms with Crippen LogP contribution in [0.3, 0.4) is 0 Å². The van der Waals surface area contributed by atoms with Crippen LogP contribution in [0.15, 0.2) is 48.5 Å². The van der Waals surface area contributed by atoms with Gasteiger partial charge in [-0.2, -0.15) is 0 Å². The number of carbonyl (C=O) groups is 2. The summed E-state index contributed by atoms with van der Waals surface area (Å²) in [5, 5.41) is 11.4. The Bertz CT molecular complexity index is 751. The number of amides is 1. The predicted molar refractivity (Wildman–Crippen MR) is 101 cm³/mol. The van der Waals surface area contributed by atoms with E-state index in [2.05, 4.69) is 17.4 Å². The van der Waals surface area contributed by atoms with E-state index in [1.54, 1.807) is 0 Å². The molecular weight excluding hydrogens is 356 g/mol. The monoisotopic (exact) mass is 376 g/mol.